The Morgan fingerprint density at radius 2 is 1.67 bits per heavy atom. The molecule has 260 valence electrons. The molecule has 10 nitrogen and oxygen atoms in total. The number of rotatable bonds is 11. The number of carboxylic acid groups (broad SMARTS) is 1. The molecule has 0 amide bonds. The summed E-state index contributed by atoms with van der Waals surface area (Å²) in [5.74, 6) is -1.81. The van der Waals surface area contributed by atoms with Crippen LogP contribution in [0, 0.1) is 52.3 Å². The number of carbonyl (C=O) groups is 2. The highest BCUT2D eigenvalue weighted by molar-refractivity contribution is 7.80. The molecular formula is C35H54O10S. The van der Waals surface area contributed by atoms with E-state index in [2.05, 4.69) is 46.8 Å². The van der Waals surface area contributed by atoms with Gasteiger partial charge >= 0.3 is 22.3 Å². The minimum absolute atomic E-state index is 0.0293. The molecule has 0 radical (unpaired) electrons. The summed E-state index contributed by atoms with van der Waals surface area (Å²) >= 11 is 0. The lowest BCUT2D eigenvalue weighted by Crippen LogP contribution is -2.59. The molecule has 3 saturated carbocycles. The maximum absolute atomic E-state index is 13.2. The molecule has 0 bridgehead atoms. The Hall–Kier alpha value is -1.79. The monoisotopic (exact) mass is 666 g/mol. The van der Waals surface area contributed by atoms with Crippen molar-refractivity contribution in [3.05, 3.63) is 23.3 Å². The summed E-state index contributed by atoms with van der Waals surface area (Å²) in [6, 6.07) is 0. The quantitative estimate of drug-likeness (QED) is 0.107. The van der Waals surface area contributed by atoms with E-state index in [-0.39, 0.29) is 29.1 Å². The Bertz CT molecular complexity index is 1390. The van der Waals surface area contributed by atoms with Crippen molar-refractivity contribution in [3.8, 4) is 0 Å². The zero-order valence-corrected chi connectivity index (χ0v) is 29.4. The van der Waals surface area contributed by atoms with Crippen LogP contribution >= 0.6 is 0 Å². The lowest BCUT2D eigenvalue weighted by Gasteiger charge is -2.55. The van der Waals surface area contributed by atoms with Crippen molar-refractivity contribution < 1.29 is 46.4 Å². The zero-order valence-electron chi connectivity index (χ0n) is 28.6. The molecule has 0 unspecified atom stereocenters. The molecule has 5 rings (SSSR count). The number of esters is 1. The molecule has 1 saturated heterocycles. The second-order valence-electron chi connectivity index (χ2n) is 15.9. The average molecular weight is 667 g/mol. The van der Waals surface area contributed by atoms with Gasteiger partial charge < -0.3 is 19.7 Å². The van der Waals surface area contributed by atoms with E-state index in [9.17, 15) is 32.8 Å². The topological polar surface area (TPSA) is 160 Å². The van der Waals surface area contributed by atoms with Crippen molar-refractivity contribution in [1.82, 2.24) is 0 Å². The van der Waals surface area contributed by atoms with Gasteiger partial charge in [-0.15, -0.1) is 0 Å². The van der Waals surface area contributed by atoms with E-state index >= 15 is 0 Å². The van der Waals surface area contributed by atoms with E-state index in [1.165, 1.54) is 6.92 Å². The Kier molecular flexibility index (Phi) is 9.47. The normalized spacial score (nSPS) is 39.7. The van der Waals surface area contributed by atoms with E-state index in [0.29, 0.717) is 50.4 Å². The highest BCUT2D eigenvalue weighted by atomic mass is 32.3. The van der Waals surface area contributed by atoms with Crippen LogP contribution in [0.2, 0.25) is 0 Å². The molecule has 0 aromatic heterocycles. The maximum atomic E-state index is 13.2. The maximum Gasteiger partial charge on any atom is 0.397 e. The number of aliphatic hydroxyl groups excluding tert-OH is 1. The molecule has 12 atom stereocenters. The lowest BCUT2D eigenvalue weighted by molar-refractivity contribution is -0.164. The number of aliphatic hydroxyl groups is 1. The van der Waals surface area contributed by atoms with Crippen LogP contribution in [-0.2, 0) is 33.6 Å². The van der Waals surface area contributed by atoms with Crippen LogP contribution in [0.4, 0.5) is 0 Å². The SMILES string of the molecule is CC(C)[C@@H](C)/C=C/[C@@H](C)[C@H]1CCC2=C3[C@@H](O)[C@@H]4O[C@@]45C[C@@H](OC(=O)[C@@H](C)[C@@H](OS(=O)(=O)O)C(C)C)CC[C@]5(C)[C@H]3CC[C@@]21C(=O)O. The van der Waals surface area contributed by atoms with Crippen molar-refractivity contribution in [2.75, 3.05) is 0 Å². The highest BCUT2D eigenvalue weighted by Gasteiger charge is 2.78. The molecule has 4 fully saturated rings. The third-order valence-corrected chi connectivity index (χ3v) is 13.3. The van der Waals surface area contributed by atoms with Gasteiger partial charge in [0, 0.05) is 11.8 Å². The number of fused-ring (bicyclic) bond motifs is 3. The van der Waals surface area contributed by atoms with Gasteiger partial charge in [0.2, 0.25) is 0 Å². The van der Waals surface area contributed by atoms with Gasteiger partial charge in [-0.1, -0.05) is 66.2 Å². The van der Waals surface area contributed by atoms with E-state index in [4.69, 9.17) is 13.7 Å². The van der Waals surface area contributed by atoms with Crippen LogP contribution in [-0.4, -0.2) is 65.1 Å². The fourth-order valence-corrected chi connectivity index (χ4v) is 10.5. The second kappa shape index (κ2) is 12.3. The third kappa shape index (κ3) is 5.69. The fourth-order valence-electron chi connectivity index (χ4n) is 9.86. The summed E-state index contributed by atoms with van der Waals surface area (Å²) in [7, 11) is -4.76. The van der Waals surface area contributed by atoms with Gasteiger partial charge in [-0.3, -0.25) is 14.1 Å². The first kappa shape index (κ1) is 35.5. The Balaban J connectivity index is 1.38. The first-order valence-electron chi connectivity index (χ1n) is 17.2. The first-order valence-corrected chi connectivity index (χ1v) is 18.5. The van der Waals surface area contributed by atoms with Gasteiger partial charge in [0.1, 0.15) is 23.9 Å². The fraction of sp³-hybridized carbons (Fsp3) is 0.829. The Labute approximate surface area is 274 Å². The summed E-state index contributed by atoms with van der Waals surface area (Å²) in [5, 5.41) is 22.7. The van der Waals surface area contributed by atoms with Crippen LogP contribution < -0.4 is 0 Å². The van der Waals surface area contributed by atoms with E-state index in [1.807, 2.05) is 0 Å². The highest BCUT2D eigenvalue weighted by Crippen LogP contribution is 2.72. The number of hydrogen-bond donors (Lipinski definition) is 3. The first-order chi connectivity index (χ1) is 21.3. The van der Waals surface area contributed by atoms with Crippen LogP contribution in [0.25, 0.3) is 0 Å². The third-order valence-electron chi connectivity index (χ3n) is 12.8. The van der Waals surface area contributed by atoms with Crippen LogP contribution in [0.15, 0.2) is 23.3 Å². The molecule has 1 aliphatic heterocycles. The molecule has 0 aromatic rings. The van der Waals surface area contributed by atoms with E-state index < -0.39 is 63.7 Å². The van der Waals surface area contributed by atoms with Crippen molar-refractivity contribution >= 4 is 22.3 Å². The van der Waals surface area contributed by atoms with Gasteiger partial charge in [-0.05, 0) is 86.5 Å². The minimum atomic E-state index is -4.76. The molecular weight excluding hydrogens is 612 g/mol. The summed E-state index contributed by atoms with van der Waals surface area (Å²) in [4.78, 5) is 26.4. The van der Waals surface area contributed by atoms with Crippen molar-refractivity contribution in [2.24, 2.45) is 52.3 Å². The van der Waals surface area contributed by atoms with E-state index in [0.717, 1.165) is 17.6 Å². The number of carboxylic acids is 1. The Morgan fingerprint density at radius 3 is 2.26 bits per heavy atom. The molecule has 0 aromatic carbocycles. The number of hydrogen-bond acceptors (Lipinski definition) is 8. The molecule has 1 heterocycles. The molecule has 46 heavy (non-hydrogen) atoms. The standard InChI is InChI=1S/C35H54O10S/c1-18(2)20(5)9-10-21(6)24-11-12-26-27-25(14-16-34(24,26)32(38)39)33(8)15-13-23(17-35(33)30(44-35)28(27)36)43-31(37)22(7)29(19(3)4)45-46(40,41)42/h9-10,18-25,28-30,36H,11-17H2,1-8H3,(H,38,39)(H,40,41,42)/b10-9+/t20-,21+,22-,23-,24+,25-,28+,29-,30-,33+,34-,35-/m0/s1. The number of epoxide rings is 1. The number of carbonyl (C=O) groups excluding carboxylic acids is 1. The summed E-state index contributed by atoms with van der Waals surface area (Å²) < 4.78 is 49.2. The zero-order chi connectivity index (χ0) is 34.1. The van der Waals surface area contributed by atoms with Crippen LogP contribution in [0.1, 0.15) is 100 Å². The molecule has 1 spiro atoms. The predicted octanol–water partition coefficient (Wildman–Crippen LogP) is 5.75. The number of allylic oxidation sites excluding steroid dienone is 2. The largest absolute Gasteiger partial charge is 0.481 e. The molecule has 5 aliphatic rings. The van der Waals surface area contributed by atoms with Gasteiger partial charge in [-0.25, -0.2) is 4.18 Å². The summed E-state index contributed by atoms with van der Waals surface area (Å²) in [6.07, 6.45) is 5.67. The van der Waals surface area contributed by atoms with E-state index in [1.54, 1.807) is 13.8 Å². The van der Waals surface area contributed by atoms with Gasteiger partial charge in [0.15, 0.2) is 0 Å². The van der Waals surface area contributed by atoms with Crippen molar-refractivity contribution in [2.45, 2.75) is 130 Å². The number of aliphatic carboxylic acids is 1. The smallest absolute Gasteiger partial charge is 0.397 e. The van der Waals surface area contributed by atoms with Crippen molar-refractivity contribution in [3.63, 3.8) is 0 Å². The summed E-state index contributed by atoms with van der Waals surface area (Å²) in [5.41, 5.74) is -0.251. The average Bonchev–Trinajstić information content (AvgIpc) is 3.56. The predicted molar refractivity (Wildman–Crippen MR) is 171 cm³/mol. The van der Waals surface area contributed by atoms with Crippen molar-refractivity contribution in [1.29, 1.82) is 0 Å². The molecule has 4 aliphatic carbocycles. The van der Waals surface area contributed by atoms with Gasteiger partial charge in [0.25, 0.3) is 0 Å². The second-order valence-corrected chi connectivity index (χ2v) is 17.0. The number of ether oxygens (including phenoxy) is 2. The van der Waals surface area contributed by atoms with Crippen LogP contribution in [0.3, 0.4) is 0 Å². The minimum Gasteiger partial charge on any atom is -0.481 e. The van der Waals surface area contributed by atoms with Gasteiger partial charge in [-0.2, -0.15) is 8.42 Å². The van der Waals surface area contributed by atoms with Gasteiger partial charge in [0.05, 0.1) is 17.4 Å². The molecule has 3 N–H and O–H groups in total. The van der Waals surface area contributed by atoms with Crippen LogP contribution in [0.5, 0.6) is 0 Å². The molecule has 11 heteroatoms. The lowest BCUT2D eigenvalue weighted by atomic mass is 9.47. The summed E-state index contributed by atoms with van der Waals surface area (Å²) in [6.45, 7) is 15.8. The Morgan fingerprint density at radius 1 is 1.00 bits per heavy atom.